The number of nitrogens with zero attached hydrogens (tertiary/aromatic N) is 2. The molecule has 2 aliphatic heterocycles. The molecule has 1 aromatic heterocycles. The molecule has 0 aliphatic carbocycles. The maximum atomic E-state index is 12.9. The molecule has 3 heterocycles. The number of nitrogens with one attached hydrogen (secondary N) is 1. The zero-order valence-corrected chi connectivity index (χ0v) is 15.2. The Bertz CT molecular complexity index is 770. The number of aromatic nitrogens is 1. The Balaban J connectivity index is 1.45. The Hall–Kier alpha value is -1.79. The summed E-state index contributed by atoms with van der Waals surface area (Å²) in [7, 11) is 0. The van der Waals surface area contributed by atoms with Crippen molar-refractivity contribution in [3.8, 4) is 0 Å². The number of rotatable bonds is 3. The van der Waals surface area contributed by atoms with Crippen molar-refractivity contribution in [1.82, 2.24) is 15.2 Å². The van der Waals surface area contributed by atoms with Gasteiger partial charge in [-0.25, -0.2) is 4.98 Å². The zero-order chi connectivity index (χ0) is 17.4. The maximum Gasteiger partial charge on any atom is 0.239 e. The van der Waals surface area contributed by atoms with E-state index in [0.29, 0.717) is 18.9 Å². The molecule has 3 atom stereocenters. The van der Waals surface area contributed by atoms with Crippen LogP contribution in [0.15, 0.2) is 24.3 Å². The van der Waals surface area contributed by atoms with E-state index in [2.05, 4.69) is 11.4 Å². The number of hydrogen-bond acceptors (Lipinski definition) is 5. The highest BCUT2D eigenvalue weighted by atomic mass is 32.1. The largest absolute Gasteiger partial charge is 0.341 e. The molecule has 0 radical (unpaired) electrons. The van der Waals surface area contributed by atoms with Crippen molar-refractivity contribution in [3.63, 3.8) is 0 Å². The van der Waals surface area contributed by atoms with Gasteiger partial charge in [0.15, 0.2) is 0 Å². The molecule has 2 aliphatic rings. The summed E-state index contributed by atoms with van der Waals surface area (Å²) in [4.78, 5) is 31.1. The lowest BCUT2D eigenvalue weighted by Crippen LogP contribution is -2.47. The van der Waals surface area contributed by atoms with E-state index in [-0.39, 0.29) is 23.7 Å². The van der Waals surface area contributed by atoms with Crippen LogP contribution in [0.5, 0.6) is 0 Å². The number of amides is 1. The fourth-order valence-corrected chi connectivity index (χ4v) is 4.99. The van der Waals surface area contributed by atoms with Crippen molar-refractivity contribution in [1.29, 1.82) is 0 Å². The molecule has 0 bridgehead atoms. The van der Waals surface area contributed by atoms with Gasteiger partial charge >= 0.3 is 0 Å². The molecule has 3 unspecified atom stereocenters. The molecule has 1 aromatic carbocycles. The minimum atomic E-state index is -0.206. The van der Waals surface area contributed by atoms with Crippen molar-refractivity contribution < 1.29 is 9.59 Å². The lowest BCUT2D eigenvalue weighted by molar-refractivity contribution is -0.134. The van der Waals surface area contributed by atoms with Crippen LogP contribution in [0, 0.1) is 5.92 Å². The number of benzene rings is 1. The number of thiazole rings is 1. The van der Waals surface area contributed by atoms with Crippen LogP contribution in [0.3, 0.4) is 0 Å². The number of Topliss-reactive ketones (excluding diaryl/α,β-unsaturated/α-hetero) is 1. The van der Waals surface area contributed by atoms with Crippen molar-refractivity contribution in [2.75, 3.05) is 19.6 Å². The molecule has 1 N–H and O–H groups in total. The first-order valence-corrected chi connectivity index (χ1v) is 9.81. The van der Waals surface area contributed by atoms with Crippen LogP contribution in [0.1, 0.15) is 37.1 Å². The lowest BCUT2D eigenvalue weighted by atomic mass is 9.96. The number of hydrogen-bond donors (Lipinski definition) is 1. The van der Waals surface area contributed by atoms with Crippen molar-refractivity contribution >= 4 is 33.2 Å². The van der Waals surface area contributed by atoms with Gasteiger partial charge in [-0.2, -0.15) is 0 Å². The number of likely N-dealkylation sites (tertiary alicyclic amines) is 1. The van der Waals surface area contributed by atoms with Gasteiger partial charge in [-0.3, -0.25) is 9.59 Å². The van der Waals surface area contributed by atoms with Gasteiger partial charge in [0.2, 0.25) is 5.91 Å². The van der Waals surface area contributed by atoms with Crippen molar-refractivity contribution in [2.45, 2.75) is 38.1 Å². The van der Waals surface area contributed by atoms with Crippen LogP contribution in [-0.2, 0) is 9.59 Å². The highest BCUT2D eigenvalue weighted by Crippen LogP contribution is 2.33. The number of piperidine rings is 1. The van der Waals surface area contributed by atoms with Crippen LogP contribution in [-0.4, -0.2) is 47.3 Å². The Kier molecular flexibility index (Phi) is 4.56. The summed E-state index contributed by atoms with van der Waals surface area (Å²) < 4.78 is 1.21. The Labute approximate surface area is 151 Å². The molecular weight excluding hydrogens is 334 g/mol. The first kappa shape index (κ1) is 16.7. The Morgan fingerprint density at radius 2 is 2.16 bits per heavy atom. The average Bonchev–Trinajstić information content (AvgIpc) is 3.28. The van der Waals surface area contributed by atoms with Gasteiger partial charge < -0.3 is 10.2 Å². The number of fused-ring (bicyclic) bond motifs is 1. The molecule has 25 heavy (non-hydrogen) atoms. The standard InChI is InChI=1S/C19H23N3O2S/c1-12(23)14-9-16(20-10-14)19(24)22-8-4-5-13(11-22)18-21-15-6-2-3-7-17(15)25-18/h2-3,6-7,13-14,16,20H,4-5,8-11H2,1H3. The van der Waals surface area contributed by atoms with E-state index in [4.69, 9.17) is 4.98 Å². The zero-order valence-electron chi connectivity index (χ0n) is 14.4. The second-order valence-electron chi connectivity index (χ2n) is 7.15. The fraction of sp³-hybridized carbons (Fsp3) is 0.526. The lowest BCUT2D eigenvalue weighted by Gasteiger charge is -2.33. The predicted octanol–water partition coefficient (Wildman–Crippen LogP) is 2.57. The van der Waals surface area contributed by atoms with E-state index >= 15 is 0 Å². The summed E-state index contributed by atoms with van der Waals surface area (Å²) in [5.41, 5.74) is 1.05. The monoisotopic (exact) mass is 357 g/mol. The number of ketones is 1. The van der Waals surface area contributed by atoms with Crippen LogP contribution in [0.25, 0.3) is 10.2 Å². The first-order valence-electron chi connectivity index (χ1n) is 9.00. The summed E-state index contributed by atoms with van der Waals surface area (Å²) in [5, 5.41) is 4.37. The molecule has 0 saturated carbocycles. The van der Waals surface area contributed by atoms with Gasteiger partial charge in [0, 0.05) is 31.5 Å². The molecule has 5 nitrogen and oxygen atoms in total. The first-order chi connectivity index (χ1) is 12.1. The minimum absolute atomic E-state index is 0.0150. The quantitative estimate of drug-likeness (QED) is 0.917. The van der Waals surface area contributed by atoms with E-state index in [1.54, 1.807) is 18.3 Å². The SMILES string of the molecule is CC(=O)C1CNC(C(=O)N2CCCC(c3nc4ccccc4s3)C2)C1. The molecule has 2 saturated heterocycles. The van der Waals surface area contributed by atoms with Gasteiger partial charge in [-0.1, -0.05) is 12.1 Å². The molecular formula is C19H23N3O2S. The van der Waals surface area contributed by atoms with Crippen LogP contribution in [0.2, 0.25) is 0 Å². The van der Waals surface area contributed by atoms with E-state index in [9.17, 15) is 9.59 Å². The summed E-state index contributed by atoms with van der Waals surface area (Å²) in [6.07, 6.45) is 2.73. The normalized spacial score (nSPS) is 26.9. The fourth-order valence-electron chi connectivity index (χ4n) is 3.90. The third-order valence-electron chi connectivity index (χ3n) is 5.40. The molecule has 0 spiro atoms. The van der Waals surface area contributed by atoms with Crippen LogP contribution >= 0.6 is 11.3 Å². The van der Waals surface area contributed by atoms with Gasteiger partial charge in [-0.15, -0.1) is 11.3 Å². The molecule has 4 rings (SSSR count). The van der Waals surface area contributed by atoms with Gasteiger partial charge in [-0.05, 0) is 38.3 Å². The van der Waals surface area contributed by atoms with E-state index < -0.39 is 0 Å². The second-order valence-corrected chi connectivity index (χ2v) is 8.21. The third-order valence-corrected chi connectivity index (χ3v) is 6.60. The molecule has 132 valence electrons. The summed E-state index contributed by atoms with van der Waals surface area (Å²) in [5.74, 6) is 0.627. The van der Waals surface area contributed by atoms with Crippen LogP contribution in [0.4, 0.5) is 0 Å². The molecule has 1 amide bonds. The summed E-state index contributed by atoms with van der Waals surface area (Å²) >= 11 is 1.74. The Morgan fingerprint density at radius 1 is 1.32 bits per heavy atom. The molecule has 2 aromatic rings. The molecule has 6 heteroatoms. The van der Waals surface area contributed by atoms with Crippen molar-refractivity contribution in [3.05, 3.63) is 29.3 Å². The smallest absolute Gasteiger partial charge is 0.239 e. The third kappa shape index (κ3) is 3.33. The van der Waals surface area contributed by atoms with Crippen LogP contribution < -0.4 is 5.32 Å². The topological polar surface area (TPSA) is 62.3 Å². The second kappa shape index (κ2) is 6.84. The van der Waals surface area contributed by atoms with E-state index in [1.165, 1.54) is 4.70 Å². The predicted molar refractivity (Wildman–Crippen MR) is 98.8 cm³/mol. The summed E-state index contributed by atoms with van der Waals surface area (Å²) in [6.45, 7) is 3.79. The number of carbonyl (C=O) groups excluding carboxylic acids is 2. The van der Waals surface area contributed by atoms with E-state index in [1.807, 2.05) is 23.1 Å². The van der Waals surface area contributed by atoms with Gasteiger partial charge in [0.25, 0.3) is 0 Å². The summed E-state index contributed by atoms with van der Waals surface area (Å²) in [6, 6.07) is 8.00. The molecule has 2 fully saturated rings. The minimum Gasteiger partial charge on any atom is -0.341 e. The highest BCUT2D eigenvalue weighted by Gasteiger charge is 2.36. The number of para-hydroxylation sites is 1. The van der Waals surface area contributed by atoms with E-state index in [0.717, 1.165) is 36.5 Å². The average molecular weight is 357 g/mol. The van der Waals surface area contributed by atoms with Gasteiger partial charge in [0.1, 0.15) is 5.78 Å². The number of carbonyl (C=O) groups is 2. The highest BCUT2D eigenvalue weighted by molar-refractivity contribution is 7.18. The Morgan fingerprint density at radius 3 is 2.92 bits per heavy atom. The van der Waals surface area contributed by atoms with Crippen molar-refractivity contribution in [2.24, 2.45) is 5.92 Å². The maximum absolute atomic E-state index is 12.9. The van der Waals surface area contributed by atoms with Gasteiger partial charge in [0.05, 0.1) is 21.3 Å².